The van der Waals surface area contributed by atoms with Crippen LogP contribution in [0.3, 0.4) is 0 Å². The van der Waals surface area contributed by atoms with Crippen molar-refractivity contribution in [2.24, 2.45) is 0 Å². The van der Waals surface area contributed by atoms with E-state index in [9.17, 15) is 0 Å². The van der Waals surface area contributed by atoms with E-state index in [2.05, 4.69) is 13.2 Å². The molecule has 0 saturated heterocycles. The molecule has 0 bridgehead atoms. The summed E-state index contributed by atoms with van der Waals surface area (Å²) in [6, 6.07) is 0. The molecule has 13 heavy (non-hydrogen) atoms. The summed E-state index contributed by atoms with van der Waals surface area (Å²) in [6.45, 7) is 10.4. The van der Waals surface area contributed by atoms with Crippen LogP contribution in [0.5, 0.6) is 0 Å². The molecule has 0 amide bonds. The van der Waals surface area contributed by atoms with Crippen LogP contribution in [0.1, 0.15) is 13.8 Å². The van der Waals surface area contributed by atoms with Crippen molar-refractivity contribution in [2.75, 3.05) is 13.2 Å². The number of hydrogen-bond acceptors (Lipinski definition) is 2. The standard InChI is InChI=1S/2C3H5.2C2H5O.Sn/c2*1-3-2;2*1-2-3;/h2*3H,1-2H2;2*2H2,1H3;/q;;2*-1;+2. The summed E-state index contributed by atoms with van der Waals surface area (Å²) in [5.74, 6) is 0. The Hall–Kier alpha value is 0.199. The van der Waals surface area contributed by atoms with Gasteiger partial charge < -0.3 is 10.2 Å². The summed E-state index contributed by atoms with van der Waals surface area (Å²) in [4.78, 5) is 0. The van der Waals surface area contributed by atoms with Crippen LogP contribution in [0.15, 0.2) is 25.3 Å². The molecule has 3 heteroatoms. The molecule has 0 aromatic rings. The minimum absolute atomic E-state index is 0. The number of allylic oxidation sites excluding steroid dienone is 2. The maximum Gasteiger partial charge on any atom is -0.0809 e. The van der Waals surface area contributed by atoms with E-state index >= 15 is 0 Å². The molecule has 0 unspecified atom stereocenters. The van der Waals surface area contributed by atoms with Crippen LogP contribution in [0, 0.1) is 0 Å². The Balaban J connectivity index is -0.000000140. The van der Waals surface area contributed by atoms with Gasteiger partial charge in [0, 0.05) is 0 Å². The van der Waals surface area contributed by atoms with E-state index < -0.39 is 0 Å². The molecule has 0 aromatic carbocycles. The molecule has 0 fully saturated rings. The summed E-state index contributed by atoms with van der Waals surface area (Å²) >= 11 is -0.0547. The van der Waals surface area contributed by atoms with Crippen molar-refractivity contribution in [1.29, 1.82) is 0 Å². The van der Waals surface area contributed by atoms with Crippen molar-refractivity contribution >= 4 is 21.1 Å². The first-order chi connectivity index (χ1) is 6.24. The predicted octanol–water partition coefficient (Wildman–Crippen LogP) is 0.632. The molecule has 0 heterocycles. The first kappa shape index (κ1) is 18.9. The normalized spacial score (nSPS) is 6.46. The van der Waals surface area contributed by atoms with Crippen molar-refractivity contribution in [1.82, 2.24) is 0 Å². The fraction of sp³-hybridized carbons (Fsp3) is 0.600. The van der Waals surface area contributed by atoms with Crippen LogP contribution in [-0.2, 0) is 0 Å². The maximum absolute atomic E-state index is 8.93. The maximum atomic E-state index is 8.93. The SMILES string of the molecule is C=C[CH2][Sn+2][CH2]C=C.CC[O-].CC[O-]. The van der Waals surface area contributed by atoms with Gasteiger partial charge in [-0.2, -0.15) is 0 Å². The van der Waals surface area contributed by atoms with Gasteiger partial charge in [0.15, 0.2) is 0 Å². The zero-order chi connectivity index (χ0) is 10.9. The Kier molecular flexibility index (Phi) is 42.9. The summed E-state index contributed by atoms with van der Waals surface area (Å²) < 4.78 is 2.57. The number of rotatable bonds is 4. The molecule has 0 spiro atoms. The first-order valence-corrected chi connectivity index (χ1v) is 8.37. The average molecular weight is 291 g/mol. The second-order valence-corrected chi connectivity index (χ2v) is 5.57. The monoisotopic (exact) mass is 292 g/mol. The van der Waals surface area contributed by atoms with Crippen LogP contribution in [0.25, 0.3) is 0 Å². The molecule has 0 rings (SSSR count). The van der Waals surface area contributed by atoms with E-state index in [-0.39, 0.29) is 34.4 Å². The van der Waals surface area contributed by atoms with Crippen LogP contribution < -0.4 is 10.2 Å². The van der Waals surface area contributed by atoms with Gasteiger partial charge in [-0.1, -0.05) is 13.8 Å². The number of hydrogen-bond donors (Lipinski definition) is 0. The topological polar surface area (TPSA) is 46.1 Å². The fourth-order valence-corrected chi connectivity index (χ4v) is 1.93. The molecule has 76 valence electrons. The Labute approximate surface area is 92.6 Å². The van der Waals surface area contributed by atoms with E-state index in [0.717, 1.165) is 0 Å². The Morgan fingerprint density at radius 3 is 1.38 bits per heavy atom. The molecule has 0 aliphatic rings. The van der Waals surface area contributed by atoms with Crippen LogP contribution in [-0.4, -0.2) is 34.4 Å². The molecule has 0 atom stereocenters. The minimum atomic E-state index is -0.0547. The van der Waals surface area contributed by atoms with Crippen molar-refractivity contribution in [3.05, 3.63) is 25.3 Å². The smallest absolute Gasteiger partial charge is 0.0809 e. The molecule has 0 aliphatic carbocycles. The van der Waals surface area contributed by atoms with Gasteiger partial charge in [0.05, 0.1) is 0 Å². The Morgan fingerprint density at radius 2 is 1.23 bits per heavy atom. The van der Waals surface area contributed by atoms with Crippen molar-refractivity contribution in [3.8, 4) is 0 Å². The molecular weight excluding hydrogens is 271 g/mol. The largest absolute Gasteiger partial charge is 0.855 e. The average Bonchev–Trinajstić information content (AvgIpc) is 2.08. The molecule has 2 nitrogen and oxygen atoms in total. The van der Waals surface area contributed by atoms with E-state index in [1.807, 2.05) is 12.2 Å². The third-order valence-electron chi connectivity index (χ3n) is 0.577. The molecule has 0 aromatic heterocycles. The summed E-state index contributed by atoms with van der Waals surface area (Å²) in [5.41, 5.74) is 0. The van der Waals surface area contributed by atoms with E-state index in [1.54, 1.807) is 13.8 Å². The Morgan fingerprint density at radius 1 is 1.00 bits per heavy atom. The molecule has 0 radical (unpaired) electrons. The van der Waals surface area contributed by atoms with Gasteiger partial charge in [0.1, 0.15) is 0 Å². The second kappa shape index (κ2) is 29.5. The summed E-state index contributed by atoms with van der Waals surface area (Å²) in [5, 5.41) is 17.9. The predicted molar refractivity (Wildman–Crippen MR) is 56.8 cm³/mol. The van der Waals surface area contributed by atoms with Gasteiger partial charge in [0.2, 0.25) is 0 Å². The van der Waals surface area contributed by atoms with Crippen LogP contribution in [0.4, 0.5) is 0 Å². The van der Waals surface area contributed by atoms with Gasteiger partial charge in [-0.15, -0.1) is 13.2 Å². The summed E-state index contributed by atoms with van der Waals surface area (Å²) in [7, 11) is 0. The van der Waals surface area contributed by atoms with E-state index in [4.69, 9.17) is 10.2 Å². The fourth-order valence-electron chi connectivity index (χ4n) is 0.287. The zero-order valence-electron chi connectivity index (χ0n) is 8.71. The molecular formula is C10H20O2Sn. The van der Waals surface area contributed by atoms with Crippen molar-refractivity contribution < 1.29 is 10.2 Å². The van der Waals surface area contributed by atoms with Crippen LogP contribution in [0.2, 0.25) is 8.87 Å². The van der Waals surface area contributed by atoms with Gasteiger partial charge >= 0.3 is 55.3 Å². The first-order valence-electron chi connectivity index (χ1n) is 4.33. The molecule has 0 N–H and O–H groups in total. The molecule has 0 saturated carbocycles. The quantitative estimate of drug-likeness (QED) is 0.433. The zero-order valence-corrected chi connectivity index (χ0v) is 11.6. The second-order valence-electron chi connectivity index (χ2n) is 1.81. The van der Waals surface area contributed by atoms with E-state index in [0.29, 0.717) is 0 Å². The summed E-state index contributed by atoms with van der Waals surface area (Å²) in [6.07, 6.45) is 4.02. The van der Waals surface area contributed by atoms with Gasteiger partial charge in [-0.05, 0) is 0 Å². The van der Waals surface area contributed by atoms with Gasteiger partial charge in [0.25, 0.3) is 0 Å². The Bertz CT molecular complexity index is 75.0. The van der Waals surface area contributed by atoms with Crippen molar-refractivity contribution in [3.63, 3.8) is 0 Å². The molecule has 0 aliphatic heterocycles. The third kappa shape index (κ3) is 72.0. The van der Waals surface area contributed by atoms with Gasteiger partial charge in [-0.25, -0.2) is 0 Å². The minimum Gasteiger partial charge on any atom is -0.855 e. The third-order valence-corrected chi connectivity index (χ3v) is 3.87. The van der Waals surface area contributed by atoms with Gasteiger partial charge in [-0.3, -0.25) is 0 Å². The van der Waals surface area contributed by atoms with Crippen molar-refractivity contribution in [2.45, 2.75) is 22.7 Å². The van der Waals surface area contributed by atoms with E-state index in [1.165, 1.54) is 8.87 Å². The van der Waals surface area contributed by atoms with Crippen LogP contribution >= 0.6 is 0 Å².